The third-order valence-electron chi connectivity index (χ3n) is 2.52. The van der Waals surface area contributed by atoms with Gasteiger partial charge in [0.2, 0.25) is 0 Å². The fourth-order valence-corrected chi connectivity index (χ4v) is 2.29. The highest BCUT2D eigenvalue weighted by Gasteiger charge is 2.12. The molecule has 1 heterocycles. The number of nitrogens with zero attached hydrogens (tertiary/aromatic N) is 1. The molecule has 0 bridgehead atoms. The lowest BCUT2D eigenvalue weighted by Gasteiger charge is -2.07. The van der Waals surface area contributed by atoms with Crippen LogP contribution >= 0.6 is 11.3 Å². The van der Waals surface area contributed by atoms with E-state index >= 15 is 0 Å². The number of nitrogens with one attached hydrogen (secondary N) is 2. The van der Waals surface area contributed by atoms with Gasteiger partial charge in [0.25, 0.3) is 0 Å². The summed E-state index contributed by atoms with van der Waals surface area (Å²) in [6.07, 6.45) is 0. The second kappa shape index (κ2) is 6.31. The largest absolute Gasteiger partial charge is 0.478 e. The third kappa shape index (κ3) is 3.99. The number of amides is 2. The van der Waals surface area contributed by atoms with Gasteiger partial charge < -0.3 is 15.7 Å². The fraction of sp³-hybridized carbons (Fsp3) is 0.154. The average Bonchev–Trinajstić information content (AvgIpc) is 2.84. The van der Waals surface area contributed by atoms with Crippen LogP contribution in [-0.4, -0.2) is 22.1 Å². The normalized spacial score (nSPS) is 10.2. The summed E-state index contributed by atoms with van der Waals surface area (Å²) in [5.74, 6) is -2.25. The molecule has 1 aromatic carbocycles. The number of aromatic carboxylic acids is 1. The van der Waals surface area contributed by atoms with Crippen LogP contribution in [0, 0.1) is 12.7 Å². The number of hydrogen-bond donors (Lipinski definition) is 3. The van der Waals surface area contributed by atoms with Crippen LogP contribution in [0.2, 0.25) is 0 Å². The highest BCUT2D eigenvalue weighted by molar-refractivity contribution is 7.09. The van der Waals surface area contributed by atoms with Crippen molar-refractivity contribution in [3.05, 3.63) is 45.7 Å². The van der Waals surface area contributed by atoms with Crippen LogP contribution in [-0.2, 0) is 6.54 Å². The van der Waals surface area contributed by atoms with E-state index in [1.807, 2.05) is 12.3 Å². The highest BCUT2D eigenvalue weighted by atomic mass is 32.1. The summed E-state index contributed by atoms with van der Waals surface area (Å²) >= 11 is 1.43. The van der Waals surface area contributed by atoms with Crippen LogP contribution in [0.5, 0.6) is 0 Å². The summed E-state index contributed by atoms with van der Waals surface area (Å²) in [5.41, 5.74) is 0.576. The number of carboxylic acid groups (broad SMARTS) is 1. The molecule has 110 valence electrons. The van der Waals surface area contributed by atoms with Crippen molar-refractivity contribution in [2.45, 2.75) is 13.5 Å². The molecule has 0 unspecified atom stereocenters. The summed E-state index contributed by atoms with van der Waals surface area (Å²) in [7, 11) is 0. The first-order valence-corrected chi connectivity index (χ1v) is 6.82. The van der Waals surface area contributed by atoms with Gasteiger partial charge in [-0.05, 0) is 25.1 Å². The quantitative estimate of drug-likeness (QED) is 0.809. The number of aromatic nitrogens is 1. The van der Waals surface area contributed by atoms with E-state index in [0.29, 0.717) is 0 Å². The number of halogens is 1. The minimum absolute atomic E-state index is 0.196. The summed E-state index contributed by atoms with van der Waals surface area (Å²) in [5, 5.41) is 16.4. The molecule has 3 N–H and O–H groups in total. The van der Waals surface area contributed by atoms with Gasteiger partial charge in [0, 0.05) is 16.8 Å². The lowest BCUT2D eigenvalue weighted by Crippen LogP contribution is -2.28. The van der Waals surface area contributed by atoms with Crippen molar-refractivity contribution in [2.75, 3.05) is 5.32 Å². The molecule has 0 atom stereocenters. The Morgan fingerprint density at radius 1 is 1.43 bits per heavy atom. The van der Waals surface area contributed by atoms with Gasteiger partial charge in [-0.3, -0.25) is 0 Å². The second-order valence-electron chi connectivity index (χ2n) is 4.19. The minimum Gasteiger partial charge on any atom is -0.478 e. The standard InChI is InChI=1S/C13H12FN3O3S/c1-7-6-21-11(16-7)5-15-13(20)17-8-2-3-10(14)9(4-8)12(18)19/h2-4,6H,5H2,1H3,(H,18,19)(H2,15,17,20). The zero-order valence-corrected chi connectivity index (χ0v) is 11.8. The van der Waals surface area contributed by atoms with E-state index in [2.05, 4.69) is 15.6 Å². The van der Waals surface area contributed by atoms with Crippen molar-refractivity contribution in [3.8, 4) is 0 Å². The minimum atomic E-state index is -1.39. The van der Waals surface area contributed by atoms with Gasteiger partial charge in [0.1, 0.15) is 10.8 Å². The Balaban J connectivity index is 1.96. The molecule has 2 aromatic rings. The lowest BCUT2D eigenvalue weighted by atomic mass is 10.2. The van der Waals surface area contributed by atoms with Gasteiger partial charge in [0.15, 0.2) is 0 Å². The van der Waals surface area contributed by atoms with E-state index in [1.165, 1.54) is 17.4 Å². The molecule has 1 aromatic heterocycles. The van der Waals surface area contributed by atoms with Crippen molar-refractivity contribution in [1.29, 1.82) is 0 Å². The van der Waals surface area contributed by atoms with Gasteiger partial charge in [-0.2, -0.15) is 0 Å². The number of thiazole rings is 1. The summed E-state index contributed by atoms with van der Waals surface area (Å²) < 4.78 is 13.2. The Labute approximate surface area is 123 Å². The Kier molecular flexibility index (Phi) is 4.49. The van der Waals surface area contributed by atoms with Crippen molar-refractivity contribution < 1.29 is 19.1 Å². The molecule has 0 aliphatic rings. The van der Waals surface area contributed by atoms with Crippen LogP contribution in [0.1, 0.15) is 21.1 Å². The smallest absolute Gasteiger partial charge is 0.338 e. The maximum Gasteiger partial charge on any atom is 0.338 e. The maximum absolute atomic E-state index is 13.2. The van der Waals surface area contributed by atoms with E-state index in [4.69, 9.17) is 5.11 Å². The van der Waals surface area contributed by atoms with E-state index in [1.54, 1.807) is 0 Å². The molecule has 6 nitrogen and oxygen atoms in total. The van der Waals surface area contributed by atoms with E-state index < -0.39 is 23.4 Å². The first-order chi connectivity index (χ1) is 9.95. The van der Waals surface area contributed by atoms with Gasteiger partial charge in [-0.1, -0.05) is 0 Å². The molecule has 0 saturated heterocycles. The Morgan fingerprint density at radius 3 is 2.81 bits per heavy atom. The van der Waals surface area contributed by atoms with E-state index in [9.17, 15) is 14.0 Å². The summed E-state index contributed by atoms with van der Waals surface area (Å²) in [6, 6.07) is 2.81. The zero-order valence-electron chi connectivity index (χ0n) is 11.0. The topological polar surface area (TPSA) is 91.3 Å². The van der Waals surface area contributed by atoms with Gasteiger partial charge in [-0.15, -0.1) is 11.3 Å². The van der Waals surface area contributed by atoms with Crippen molar-refractivity contribution in [2.24, 2.45) is 0 Å². The molecule has 21 heavy (non-hydrogen) atoms. The molecule has 0 aliphatic carbocycles. The first kappa shape index (κ1) is 14.9. The van der Waals surface area contributed by atoms with Crippen molar-refractivity contribution in [3.63, 3.8) is 0 Å². The van der Waals surface area contributed by atoms with E-state index in [-0.39, 0.29) is 12.2 Å². The monoisotopic (exact) mass is 309 g/mol. The highest BCUT2D eigenvalue weighted by Crippen LogP contribution is 2.15. The summed E-state index contributed by atoms with van der Waals surface area (Å²) in [4.78, 5) is 26.7. The second-order valence-corrected chi connectivity index (χ2v) is 5.13. The molecule has 0 saturated carbocycles. The lowest BCUT2D eigenvalue weighted by molar-refractivity contribution is 0.0692. The van der Waals surface area contributed by atoms with E-state index in [0.717, 1.165) is 22.8 Å². The maximum atomic E-state index is 13.2. The number of carbonyl (C=O) groups is 2. The third-order valence-corrected chi connectivity index (χ3v) is 3.49. The van der Waals surface area contributed by atoms with Crippen LogP contribution in [0.3, 0.4) is 0 Å². The Bertz CT molecular complexity index is 687. The number of anilines is 1. The van der Waals surface area contributed by atoms with Crippen LogP contribution < -0.4 is 10.6 Å². The predicted molar refractivity (Wildman–Crippen MR) is 76.1 cm³/mol. The molecular formula is C13H12FN3O3S. The van der Waals surface area contributed by atoms with Crippen LogP contribution in [0.15, 0.2) is 23.6 Å². The summed E-state index contributed by atoms with van der Waals surface area (Å²) in [6.45, 7) is 2.11. The Morgan fingerprint density at radius 2 is 2.19 bits per heavy atom. The zero-order chi connectivity index (χ0) is 15.4. The molecule has 0 spiro atoms. The van der Waals surface area contributed by atoms with Gasteiger partial charge in [-0.25, -0.2) is 19.0 Å². The molecule has 2 amide bonds. The molecule has 0 radical (unpaired) electrons. The molecule has 0 fully saturated rings. The van der Waals surface area contributed by atoms with Crippen molar-refractivity contribution in [1.82, 2.24) is 10.3 Å². The number of carboxylic acids is 1. The Hall–Kier alpha value is -2.48. The van der Waals surface area contributed by atoms with Gasteiger partial charge in [0.05, 0.1) is 12.1 Å². The predicted octanol–water partition coefficient (Wildman–Crippen LogP) is 2.61. The molecule has 2 rings (SSSR count). The van der Waals surface area contributed by atoms with Crippen LogP contribution in [0.4, 0.5) is 14.9 Å². The molecule has 8 heteroatoms. The average molecular weight is 309 g/mol. The molecule has 0 aliphatic heterocycles. The number of urea groups is 1. The number of rotatable bonds is 4. The first-order valence-electron chi connectivity index (χ1n) is 5.94. The number of hydrogen-bond acceptors (Lipinski definition) is 4. The van der Waals surface area contributed by atoms with Crippen LogP contribution in [0.25, 0.3) is 0 Å². The fourth-order valence-electron chi connectivity index (χ4n) is 1.58. The van der Waals surface area contributed by atoms with Gasteiger partial charge >= 0.3 is 12.0 Å². The van der Waals surface area contributed by atoms with Crippen molar-refractivity contribution >= 4 is 29.0 Å². The number of aryl methyl sites for hydroxylation is 1. The number of benzene rings is 1. The molecular weight excluding hydrogens is 297 g/mol. The SMILES string of the molecule is Cc1csc(CNC(=O)Nc2ccc(F)c(C(=O)O)c2)n1. The number of carbonyl (C=O) groups excluding carboxylic acids is 1.